The van der Waals surface area contributed by atoms with E-state index < -0.39 is 0 Å². The third-order valence-corrected chi connectivity index (χ3v) is 4.56. The summed E-state index contributed by atoms with van der Waals surface area (Å²) in [5, 5.41) is 4.28. The first-order valence-corrected chi connectivity index (χ1v) is 8.83. The fraction of sp³-hybridized carbons (Fsp3) is 0.182. The van der Waals surface area contributed by atoms with Gasteiger partial charge in [-0.05, 0) is 36.2 Å². The van der Waals surface area contributed by atoms with Crippen LogP contribution in [0.1, 0.15) is 29.7 Å². The minimum Gasteiger partial charge on any atom is -0.489 e. The molecule has 0 amide bonds. The Bertz CT molecular complexity index is 791. The summed E-state index contributed by atoms with van der Waals surface area (Å²) in [6, 6.07) is 26.7. The molecule has 3 aromatic rings. The molecule has 0 aliphatic rings. The van der Waals surface area contributed by atoms with Crippen LogP contribution in [0.15, 0.2) is 78.9 Å². The summed E-state index contributed by atoms with van der Waals surface area (Å²) in [5.41, 5.74) is 3.52. The smallest absolute Gasteiger partial charge is 0.119 e. The van der Waals surface area contributed by atoms with Crippen LogP contribution in [0, 0.1) is 0 Å². The first-order chi connectivity index (χ1) is 12.2. The van der Waals surface area contributed by atoms with Crippen molar-refractivity contribution in [3.8, 4) is 5.75 Å². The van der Waals surface area contributed by atoms with Gasteiger partial charge in [0, 0.05) is 23.2 Å². The van der Waals surface area contributed by atoms with Crippen LogP contribution < -0.4 is 10.1 Å². The summed E-state index contributed by atoms with van der Waals surface area (Å²) in [6.45, 7) is 3.47. The zero-order valence-corrected chi connectivity index (χ0v) is 16.3. The fourth-order valence-electron chi connectivity index (χ4n) is 2.61. The monoisotopic (exact) mass is 387 g/mol. The van der Waals surface area contributed by atoms with Gasteiger partial charge in [-0.3, -0.25) is 0 Å². The minimum atomic E-state index is 0. The number of ether oxygens (including phenoxy) is 1. The molecule has 1 atom stereocenters. The van der Waals surface area contributed by atoms with E-state index in [-0.39, 0.29) is 12.4 Å². The first-order valence-electron chi connectivity index (χ1n) is 8.46. The molecule has 0 fully saturated rings. The SMILES string of the molecule is CC(NCc1ccc(OCc2ccccc2Cl)cc1)c1ccccc1.Cl. The molecule has 0 saturated heterocycles. The lowest BCUT2D eigenvalue weighted by molar-refractivity contribution is 0.306. The van der Waals surface area contributed by atoms with E-state index in [0.29, 0.717) is 12.6 Å². The highest BCUT2D eigenvalue weighted by atomic mass is 35.5. The maximum atomic E-state index is 6.15. The van der Waals surface area contributed by atoms with Crippen molar-refractivity contribution in [2.75, 3.05) is 0 Å². The Morgan fingerprint density at radius 1 is 0.885 bits per heavy atom. The topological polar surface area (TPSA) is 21.3 Å². The van der Waals surface area contributed by atoms with Crippen molar-refractivity contribution in [1.82, 2.24) is 5.32 Å². The third kappa shape index (κ3) is 5.77. The number of halogens is 2. The summed E-state index contributed by atoms with van der Waals surface area (Å²) in [6.07, 6.45) is 0. The zero-order chi connectivity index (χ0) is 17.5. The number of rotatable bonds is 7. The van der Waals surface area contributed by atoms with Gasteiger partial charge in [0.1, 0.15) is 12.4 Å². The van der Waals surface area contributed by atoms with Gasteiger partial charge in [-0.2, -0.15) is 0 Å². The molecule has 0 aliphatic carbocycles. The van der Waals surface area contributed by atoms with Gasteiger partial charge >= 0.3 is 0 Å². The number of benzene rings is 3. The van der Waals surface area contributed by atoms with Gasteiger partial charge in [-0.15, -0.1) is 12.4 Å². The molecule has 2 nitrogen and oxygen atoms in total. The second-order valence-electron chi connectivity index (χ2n) is 6.04. The minimum absolute atomic E-state index is 0. The van der Waals surface area contributed by atoms with Crippen LogP contribution in [0.3, 0.4) is 0 Å². The Hall–Kier alpha value is -2.00. The van der Waals surface area contributed by atoms with Gasteiger partial charge in [0.25, 0.3) is 0 Å². The largest absolute Gasteiger partial charge is 0.489 e. The van der Waals surface area contributed by atoms with E-state index in [1.807, 2.05) is 42.5 Å². The lowest BCUT2D eigenvalue weighted by atomic mass is 10.1. The molecule has 4 heteroatoms. The van der Waals surface area contributed by atoms with Crippen LogP contribution in [0.5, 0.6) is 5.75 Å². The van der Waals surface area contributed by atoms with E-state index in [2.05, 4.69) is 48.6 Å². The van der Waals surface area contributed by atoms with Crippen LogP contribution >= 0.6 is 24.0 Å². The number of nitrogens with one attached hydrogen (secondary N) is 1. The molecule has 0 heterocycles. The molecule has 3 rings (SSSR count). The highest BCUT2D eigenvalue weighted by Crippen LogP contribution is 2.19. The van der Waals surface area contributed by atoms with Crippen LogP contribution in [0.25, 0.3) is 0 Å². The lowest BCUT2D eigenvalue weighted by Gasteiger charge is -2.14. The molecule has 1 N–H and O–H groups in total. The zero-order valence-electron chi connectivity index (χ0n) is 14.7. The molecule has 0 aliphatic heterocycles. The molecule has 26 heavy (non-hydrogen) atoms. The van der Waals surface area contributed by atoms with Crippen LogP contribution in [0.2, 0.25) is 5.02 Å². The molecule has 136 valence electrons. The van der Waals surface area contributed by atoms with Gasteiger partial charge in [0.2, 0.25) is 0 Å². The fourth-order valence-corrected chi connectivity index (χ4v) is 2.80. The third-order valence-electron chi connectivity index (χ3n) is 4.19. The van der Waals surface area contributed by atoms with Gasteiger partial charge in [-0.1, -0.05) is 72.3 Å². The predicted molar refractivity (Wildman–Crippen MR) is 111 cm³/mol. The normalized spacial score (nSPS) is 11.5. The van der Waals surface area contributed by atoms with Crippen LogP contribution in [0.4, 0.5) is 0 Å². The highest BCUT2D eigenvalue weighted by Gasteiger charge is 2.04. The van der Waals surface area contributed by atoms with Crippen molar-refractivity contribution < 1.29 is 4.74 Å². The molecule has 1 unspecified atom stereocenters. The highest BCUT2D eigenvalue weighted by molar-refractivity contribution is 6.31. The van der Waals surface area contributed by atoms with Crippen molar-refractivity contribution >= 4 is 24.0 Å². The van der Waals surface area contributed by atoms with Gasteiger partial charge in [0.05, 0.1) is 0 Å². The maximum Gasteiger partial charge on any atom is 0.119 e. The predicted octanol–water partition coefficient (Wildman–Crippen LogP) is 6.19. The molecular weight excluding hydrogens is 365 g/mol. The molecule has 0 bridgehead atoms. The van der Waals surface area contributed by atoms with Crippen molar-refractivity contribution in [1.29, 1.82) is 0 Å². The van der Waals surface area contributed by atoms with Crippen LogP contribution in [-0.4, -0.2) is 0 Å². The standard InChI is InChI=1S/C22H22ClNO.ClH/c1-17(19-7-3-2-4-8-19)24-15-18-11-13-21(14-12-18)25-16-20-9-5-6-10-22(20)23;/h2-14,17,24H,15-16H2,1H3;1H. The van der Waals surface area contributed by atoms with E-state index in [1.54, 1.807) is 0 Å². The summed E-state index contributed by atoms with van der Waals surface area (Å²) in [7, 11) is 0. The van der Waals surface area contributed by atoms with Crippen molar-refractivity contribution in [2.45, 2.75) is 26.1 Å². The van der Waals surface area contributed by atoms with E-state index in [1.165, 1.54) is 11.1 Å². The molecule has 3 aromatic carbocycles. The Balaban J connectivity index is 0.00000243. The van der Waals surface area contributed by atoms with Crippen LogP contribution in [-0.2, 0) is 13.2 Å². The van der Waals surface area contributed by atoms with Gasteiger partial charge < -0.3 is 10.1 Å². The number of hydrogen-bond donors (Lipinski definition) is 1. The van der Waals surface area contributed by atoms with Gasteiger partial charge in [0.15, 0.2) is 0 Å². The maximum absolute atomic E-state index is 6.15. The lowest BCUT2D eigenvalue weighted by Crippen LogP contribution is -2.17. The summed E-state index contributed by atoms with van der Waals surface area (Å²) >= 11 is 6.15. The summed E-state index contributed by atoms with van der Waals surface area (Å²) in [5.74, 6) is 0.847. The Labute approximate surface area is 166 Å². The Morgan fingerprint density at radius 3 is 2.23 bits per heavy atom. The van der Waals surface area contributed by atoms with Gasteiger partial charge in [-0.25, -0.2) is 0 Å². The van der Waals surface area contributed by atoms with Crippen molar-refractivity contribution in [3.05, 3.63) is 101 Å². The quantitative estimate of drug-likeness (QED) is 0.521. The second-order valence-corrected chi connectivity index (χ2v) is 6.44. The van der Waals surface area contributed by atoms with E-state index in [0.717, 1.165) is 22.9 Å². The Kier molecular flexibility index (Phi) is 7.99. The van der Waals surface area contributed by atoms with E-state index >= 15 is 0 Å². The molecular formula is C22H23Cl2NO. The van der Waals surface area contributed by atoms with E-state index in [9.17, 15) is 0 Å². The molecule has 0 radical (unpaired) electrons. The van der Waals surface area contributed by atoms with Crippen molar-refractivity contribution in [2.24, 2.45) is 0 Å². The molecule has 0 saturated carbocycles. The second kappa shape index (κ2) is 10.2. The Morgan fingerprint density at radius 2 is 1.54 bits per heavy atom. The molecule has 0 aromatic heterocycles. The summed E-state index contributed by atoms with van der Waals surface area (Å²) in [4.78, 5) is 0. The molecule has 0 spiro atoms. The summed E-state index contributed by atoms with van der Waals surface area (Å²) < 4.78 is 5.82. The average molecular weight is 388 g/mol. The van der Waals surface area contributed by atoms with E-state index in [4.69, 9.17) is 16.3 Å². The van der Waals surface area contributed by atoms with Crippen molar-refractivity contribution in [3.63, 3.8) is 0 Å². The first kappa shape index (κ1) is 20.3. The number of hydrogen-bond acceptors (Lipinski definition) is 2. The average Bonchev–Trinajstić information content (AvgIpc) is 2.67.